The fourth-order valence-electron chi connectivity index (χ4n) is 6.10. The highest BCUT2D eigenvalue weighted by molar-refractivity contribution is 9.10. The Bertz CT molecular complexity index is 2050. The molecule has 0 N–H and O–H groups in total. The van der Waals surface area contributed by atoms with Crippen molar-refractivity contribution in [1.29, 1.82) is 0 Å². The van der Waals surface area contributed by atoms with Gasteiger partial charge in [-0.3, -0.25) is 4.79 Å². The number of ether oxygens (including phenoxy) is 5. The standard InChI is InChI=1S/C40H36BrNO6/c1-44-29-14-6-25(7-15-29)22-23-42-38-35(26-8-16-30(45-2)17-9-26)34(48-5)24-33(41)37(38)36(27-10-18-31(46-3)19-11-27)39(42)40(43)28-12-20-32(47-4)21-13-28/h6-21,24H,22-23H2,1-5H3. The molecule has 5 aromatic carbocycles. The van der Waals surface area contributed by atoms with Gasteiger partial charge in [0.25, 0.3) is 0 Å². The van der Waals surface area contributed by atoms with Crippen molar-refractivity contribution in [1.82, 2.24) is 4.57 Å². The first-order valence-electron chi connectivity index (χ1n) is 15.4. The summed E-state index contributed by atoms with van der Waals surface area (Å²) in [5, 5.41) is 0.901. The molecular weight excluding hydrogens is 670 g/mol. The molecule has 0 aliphatic rings. The van der Waals surface area contributed by atoms with E-state index < -0.39 is 0 Å². The highest BCUT2D eigenvalue weighted by atomic mass is 79.9. The molecule has 0 saturated carbocycles. The number of nitrogens with zero attached hydrogens (tertiary/aromatic N) is 1. The average Bonchev–Trinajstić information content (AvgIpc) is 3.49. The van der Waals surface area contributed by atoms with Crippen LogP contribution in [0.1, 0.15) is 21.6 Å². The number of fused-ring (bicyclic) bond motifs is 1. The number of halogens is 1. The first-order chi connectivity index (χ1) is 23.4. The van der Waals surface area contributed by atoms with Crippen molar-refractivity contribution in [2.24, 2.45) is 0 Å². The van der Waals surface area contributed by atoms with E-state index in [2.05, 4.69) is 32.6 Å². The summed E-state index contributed by atoms with van der Waals surface area (Å²) in [5.41, 5.74) is 6.60. The molecule has 6 rings (SSSR count). The van der Waals surface area contributed by atoms with E-state index in [1.54, 1.807) is 35.5 Å². The van der Waals surface area contributed by atoms with Gasteiger partial charge in [0, 0.05) is 33.1 Å². The fraction of sp³-hybridized carbons (Fsp3) is 0.175. The van der Waals surface area contributed by atoms with Gasteiger partial charge in [-0.1, -0.05) is 36.4 Å². The van der Waals surface area contributed by atoms with E-state index in [-0.39, 0.29) is 5.78 Å². The van der Waals surface area contributed by atoms with Crippen molar-refractivity contribution in [3.8, 4) is 51.0 Å². The number of aromatic nitrogens is 1. The number of aryl methyl sites for hydroxylation is 2. The Balaban J connectivity index is 1.70. The van der Waals surface area contributed by atoms with Crippen LogP contribution in [0.5, 0.6) is 28.7 Å². The monoisotopic (exact) mass is 705 g/mol. The first kappa shape index (κ1) is 32.7. The first-order valence-corrected chi connectivity index (χ1v) is 16.2. The SMILES string of the molecule is COc1ccc(CCn2c(C(=O)c3ccc(OC)cc3)c(-c3ccc(OC)cc3)c3c(Br)cc(OC)c(-c4ccc(OC)cc4)c32)cc1. The minimum Gasteiger partial charge on any atom is -0.497 e. The Morgan fingerprint density at radius 3 is 1.54 bits per heavy atom. The van der Waals surface area contributed by atoms with E-state index in [9.17, 15) is 4.79 Å². The van der Waals surface area contributed by atoms with Crippen LogP contribution in [-0.4, -0.2) is 45.9 Å². The molecule has 0 radical (unpaired) electrons. The number of ketones is 1. The predicted molar refractivity (Wildman–Crippen MR) is 193 cm³/mol. The Morgan fingerprint density at radius 2 is 1.06 bits per heavy atom. The largest absolute Gasteiger partial charge is 0.497 e. The topological polar surface area (TPSA) is 68.2 Å². The minimum atomic E-state index is -0.110. The second kappa shape index (κ2) is 14.3. The van der Waals surface area contributed by atoms with Crippen molar-refractivity contribution in [3.05, 3.63) is 124 Å². The molecular formula is C40H36BrNO6. The number of hydrogen-bond acceptors (Lipinski definition) is 6. The molecule has 7 nitrogen and oxygen atoms in total. The Hall–Kier alpha value is -5.21. The maximum absolute atomic E-state index is 14.9. The van der Waals surface area contributed by atoms with Crippen molar-refractivity contribution in [2.75, 3.05) is 35.5 Å². The van der Waals surface area contributed by atoms with E-state index in [0.717, 1.165) is 60.4 Å². The van der Waals surface area contributed by atoms with E-state index in [1.807, 2.05) is 91.0 Å². The molecule has 8 heteroatoms. The maximum Gasteiger partial charge on any atom is 0.210 e. The highest BCUT2D eigenvalue weighted by Crippen LogP contribution is 2.48. The normalized spacial score (nSPS) is 11.0. The molecule has 48 heavy (non-hydrogen) atoms. The van der Waals surface area contributed by atoms with Gasteiger partial charge in [0.1, 0.15) is 28.7 Å². The molecule has 0 fully saturated rings. The zero-order valence-electron chi connectivity index (χ0n) is 27.5. The van der Waals surface area contributed by atoms with E-state index in [1.165, 1.54) is 0 Å². The van der Waals surface area contributed by atoms with Crippen LogP contribution in [0, 0.1) is 0 Å². The Labute approximate surface area is 288 Å². The quantitative estimate of drug-likeness (QED) is 0.118. The summed E-state index contributed by atoms with van der Waals surface area (Å²) >= 11 is 3.90. The summed E-state index contributed by atoms with van der Waals surface area (Å²) in [6.45, 7) is 0.513. The van der Waals surface area contributed by atoms with Crippen molar-refractivity contribution in [3.63, 3.8) is 0 Å². The lowest BCUT2D eigenvalue weighted by molar-refractivity contribution is 0.103. The van der Waals surface area contributed by atoms with Crippen molar-refractivity contribution >= 4 is 32.6 Å². The summed E-state index contributed by atoms with van der Waals surface area (Å²) in [6.07, 6.45) is 0.662. The third kappa shape index (κ3) is 6.23. The third-order valence-electron chi connectivity index (χ3n) is 8.57. The molecule has 0 spiro atoms. The van der Waals surface area contributed by atoms with Crippen molar-refractivity contribution in [2.45, 2.75) is 13.0 Å². The van der Waals surface area contributed by atoms with E-state index in [0.29, 0.717) is 35.7 Å². The molecule has 0 atom stereocenters. The number of rotatable bonds is 12. The molecule has 6 aromatic rings. The van der Waals surface area contributed by atoms with Crippen LogP contribution in [0.3, 0.4) is 0 Å². The van der Waals surface area contributed by atoms with Gasteiger partial charge < -0.3 is 28.3 Å². The van der Waals surface area contributed by atoms with Gasteiger partial charge in [-0.2, -0.15) is 0 Å². The van der Waals surface area contributed by atoms with E-state index >= 15 is 0 Å². The molecule has 1 heterocycles. The summed E-state index contributed by atoms with van der Waals surface area (Å²) in [4.78, 5) is 14.9. The lowest BCUT2D eigenvalue weighted by atomic mass is 9.95. The summed E-state index contributed by atoms with van der Waals surface area (Å²) in [7, 11) is 8.23. The molecule has 0 aliphatic carbocycles. The third-order valence-corrected chi connectivity index (χ3v) is 9.20. The average molecular weight is 707 g/mol. The van der Waals surface area contributed by atoms with Crippen LogP contribution < -0.4 is 23.7 Å². The smallest absolute Gasteiger partial charge is 0.210 e. The highest BCUT2D eigenvalue weighted by Gasteiger charge is 2.30. The van der Waals surface area contributed by atoms with E-state index in [4.69, 9.17) is 23.7 Å². The summed E-state index contributed by atoms with van der Waals surface area (Å²) in [6, 6.07) is 33.0. The Kier molecular flexibility index (Phi) is 9.73. The molecule has 244 valence electrons. The summed E-state index contributed by atoms with van der Waals surface area (Å²) < 4.78 is 30.8. The number of methoxy groups -OCH3 is 5. The van der Waals surface area contributed by atoms with Crippen LogP contribution in [0.2, 0.25) is 0 Å². The lowest BCUT2D eigenvalue weighted by Crippen LogP contribution is -2.13. The van der Waals surface area contributed by atoms with Crippen molar-refractivity contribution < 1.29 is 28.5 Å². The molecule has 0 unspecified atom stereocenters. The van der Waals surface area contributed by atoms with Gasteiger partial charge in [-0.15, -0.1) is 0 Å². The molecule has 0 bridgehead atoms. The van der Waals surface area contributed by atoms with Gasteiger partial charge in [0.05, 0.1) is 46.8 Å². The van der Waals surface area contributed by atoms with Gasteiger partial charge in [0.15, 0.2) is 0 Å². The predicted octanol–water partition coefficient (Wildman–Crippen LogP) is 9.25. The lowest BCUT2D eigenvalue weighted by Gasteiger charge is -2.17. The number of carbonyl (C=O) groups is 1. The number of carbonyl (C=O) groups excluding carboxylic acids is 1. The van der Waals surface area contributed by atoms with Gasteiger partial charge in [-0.05, 0) is 106 Å². The zero-order chi connectivity index (χ0) is 33.8. The number of hydrogen-bond donors (Lipinski definition) is 0. The van der Waals surface area contributed by atoms with Crippen LogP contribution in [0.25, 0.3) is 33.2 Å². The number of benzene rings is 5. The minimum absolute atomic E-state index is 0.110. The van der Waals surface area contributed by atoms with Crippen LogP contribution in [0.4, 0.5) is 0 Å². The second-order valence-corrected chi connectivity index (χ2v) is 12.0. The van der Waals surface area contributed by atoms with Crippen LogP contribution in [-0.2, 0) is 13.0 Å². The zero-order valence-corrected chi connectivity index (χ0v) is 29.1. The van der Waals surface area contributed by atoms with Crippen LogP contribution in [0.15, 0.2) is 108 Å². The second-order valence-electron chi connectivity index (χ2n) is 11.1. The Morgan fingerprint density at radius 1 is 0.604 bits per heavy atom. The molecule has 0 aliphatic heterocycles. The van der Waals surface area contributed by atoms with Gasteiger partial charge in [-0.25, -0.2) is 0 Å². The van der Waals surface area contributed by atoms with Crippen LogP contribution >= 0.6 is 15.9 Å². The molecule has 0 amide bonds. The molecule has 1 aromatic heterocycles. The fourth-order valence-corrected chi connectivity index (χ4v) is 6.69. The van der Waals surface area contributed by atoms with Gasteiger partial charge in [0.2, 0.25) is 5.78 Å². The van der Waals surface area contributed by atoms with Gasteiger partial charge >= 0.3 is 0 Å². The molecule has 0 saturated heterocycles. The maximum atomic E-state index is 14.9. The summed E-state index contributed by atoms with van der Waals surface area (Å²) in [5.74, 6) is 3.50.